The number of aromatic amines is 1. The van der Waals surface area contributed by atoms with Crippen molar-refractivity contribution >= 4 is 28.4 Å². The summed E-state index contributed by atoms with van der Waals surface area (Å²) in [7, 11) is 1.63. The molecule has 0 unspecified atom stereocenters. The van der Waals surface area contributed by atoms with E-state index in [1.807, 2.05) is 44.2 Å². The monoisotopic (exact) mass is 400 g/mol. The standard InChI is InChI=1S/C23H20N4O3/c1-12-16(13(2)25-24-12)10-17-20(29-3)9-8-15-22(28)21(30-23(15)17)11-19-14-6-4-5-7-18(14)26-27-19/h4-9,11,28H,10H2,1-3H3,(H,24,25). The summed E-state index contributed by atoms with van der Waals surface area (Å²) in [6.45, 7) is 3.95. The van der Waals surface area contributed by atoms with Crippen molar-refractivity contribution in [2.24, 2.45) is 10.2 Å². The van der Waals surface area contributed by atoms with E-state index in [1.165, 1.54) is 0 Å². The maximum atomic E-state index is 10.9. The quantitative estimate of drug-likeness (QED) is 0.461. The highest BCUT2D eigenvalue weighted by Gasteiger charge is 2.22. The number of benzene rings is 2. The molecular weight excluding hydrogens is 380 g/mol. The molecule has 7 nitrogen and oxygen atoms in total. The van der Waals surface area contributed by atoms with Gasteiger partial charge in [-0.05, 0) is 32.0 Å². The number of aromatic hydroxyl groups is 1. The Morgan fingerprint density at radius 3 is 2.70 bits per heavy atom. The Kier molecular flexibility index (Phi) is 4.17. The van der Waals surface area contributed by atoms with Crippen LogP contribution in [-0.4, -0.2) is 22.4 Å². The van der Waals surface area contributed by atoms with Crippen LogP contribution in [0.15, 0.2) is 51.0 Å². The lowest BCUT2D eigenvalue weighted by molar-refractivity contribution is 0.410. The number of nitrogens with zero attached hydrogens (tertiary/aromatic N) is 3. The van der Waals surface area contributed by atoms with Gasteiger partial charge in [0.2, 0.25) is 0 Å². The number of aryl methyl sites for hydroxylation is 2. The highest BCUT2D eigenvalue weighted by atomic mass is 16.5. The summed E-state index contributed by atoms with van der Waals surface area (Å²) in [5, 5.41) is 27.2. The van der Waals surface area contributed by atoms with Gasteiger partial charge in [-0.15, -0.1) is 10.2 Å². The van der Waals surface area contributed by atoms with Crippen molar-refractivity contribution < 1.29 is 14.3 Å². The minimum atomic E-state index is 0.0709. The van der Waals surface area contributed by atoms with Crippen molar-refractivity contribution in [2.45, 2.75) is 20.3 Å². The van der Waals surface area contributed by atoms with Crippen LogP contribution in [0.5, 0.6) is 11.5 Å². The van der Waals surface area contributed by atoms with Crippen molar-refractivity contribution in [1.29, 1.82) is 0 Å². The lowest BCUT2D eigenvalue weighted by atomic mass is 10.0. The van der Waals surface area contributed by atoms with E-state index in [0.29, 0.717) is 34.6 Å². The number of H-pyrrole nitrogens is 1. The predicted molar refractivity (Wildman–Crippen MR) is 114 cm³/mol. The molecule has 150 valence electrons. The summed E-state index contributed by atoms with van der Waals surface area (Å²) in [6.07, 6.45) is 2.29. The number of rotatable bonds is 4. The summed E-state index contributed by atoms with van der Waals surface area (Å²) in [4.78, 5) is 0. The Labute approximate surface area is 172 Å². The Balaban J connectivity index is 1.66. The van der Waals surface area contributed by atoms with Crippen LogP contribution in [0.2, 0.25) is 0 Å². The maximum absolute atomic E-state index is 10.9. The van der Waals surface area contributed by atoms with Crippen LogP contribution in [0.25, 0.3) is 22.7 Å². The van der Waals surface area contributed by atoms with E-state index in [1.54, 1.807) is 19.3 Å². The summed E-state index contributed by atoms with van der Waals surface area (Å²) >= 11 is 0. The summed E-state index contributed by atoms with van der Waals surface area (Å²) < 4.78 is 11.7. The molecule has 2 aromatic heterocycles. The molecule has 0 saturated carbocycles. The molecule has 0 radical (unpaired) electrons. The minimum absolute atomic E-state index is 0.0709. The van der Waals surface area contributed by atoms with Crippen LogP contribution in [-0.2, 0) is 6.42 Å². The van der Waals surface area contributed by atoms with Gasteiger partial charge < -0.3 is 14.3 Å². The number of aromatic nitrogens is 2. The van der Waals surface area contributed by atoms with Crippen LogP contribution in [0.1, 0.15) is 33.8 Å². The number of azo groups is 1. The largest absolute Gasteiger partial charge is 0.504 e. The lowest BCUT2D eigenvalue weighted by Crippen LogP contribution is -1.96. The number of methoxy groups -OCH3 is 1. The van der Waals surface area contributed by atoms with Gasteiger partial charge in [-0.1, -0.05) is 18.2 Å². The molecule has 1 aliphatic heterocycles. The molecule has 5 rings (SSSR count). The second-order valence-corrected chi connectivity index (χ2v) is 7.27. The van der Waals surface area contributed by atoms with Gasteiger partial charge in [0.05, 0.1) is 29.6 Å². The van der Waals surface area contributed by atoms with E-state index >= 15 is 0 Å². The maximum Gasteiger partial charge on any atom is 0.172 e. The number of furan rings is 1. The Morgan fingerprint density at radius 2 is 1.93 bits per heavy atom. The molecule has 0 amide bonds. The molecule has 3 heterocycles. The van der Waals surface area contributed by atoms with Crippen molar-refractivity contribution in [3.63, 3.8) is 0 Å². The number of hydrogen-bond donors (Lipinski definition) is 2. The SMILES string of the molecule is COc1ccc2c(O)c(C=C3N=Nc4ccccc43)oc2c1Cc1c(C)n[nH]c1C. The van der Waals surface area contributed by atoms with Gasteiger partial charge in [0.15, 0.2) is 11.5 Å². The Bertz CT molecular complexity index is 1320. The first-order valence-electron chi connectivity index (χ1n) is 9.61. The van der Waals surface area contributed by atoms with E-state index in [2.05, 4.69) is 20.4 Å². The molecule has 2 aromatic carbocycles. The molecular formula is C23H20N4O3. The fraction of sp³-hybridized carbons (Fsp3) is 0.174. The minimum Gasteiger partial charge on any atom is -0.504 e. The first-order chi connectivity index (χ1) is 14.6. The third kappa shape index (κ3) is 2.78. The zero-order valence-corrected chi connectivity index (χ0v) is 16.9. The molecule has 2 N–H and O–H groups in total. The lowest BCUT2D eigenvalue weighted by Gasteiger charge is -2.09. The van der Waals surface area contributed by atoms with Gasteiger partial charge in [-0.2, -0.15) is 5.10 Å². The van der Waals surface area contributed by atoms with Crippen molar-refractivity contribution in [2.75, 3.05) is 7.11 Å². The molecule has 0 fully saturated rings. The van der Waals surface area contributed by atoms with E-state index in [-0.39, 0.29) is 5.75 Å². The summed E-state index contributed by atoms with van der Waals surface area (Å²) in [5.41, 5.74) is 6.79. The van der Waals surface area contributed by atoms with E-state index in [4.69, 9.17) is 9.15 Å². The zero-order chi connectivity index (χ0) is 20.8. The third-order valence-corrected chi connectivity index (χ3v) is 5.49. The van der Waals surface area contributed by atoms with E-state index in [9.17, 15) is 5.11 Å². The van der Waals surface area contributed by atoms with Crippen molar-refractivity contribution in [3.05, 3.63) is 70.2 Å². The molecule has 7 heteroatoms. The average molecular weight is 400 g/mol. The van der Waals surface area contributed by atoms with Gasteiger partial charge in [0.25, 0.3) is 0 Å². The number of ether oxygens (including phenoxy) is 1. The Morgan fingerprint density at radius 1 is 1.10 bits per heavy atom. The Hall–Kier alpha value is -3.87. The highest BCUT2D eigenvalue weighted by Crippen LogP contribution is 2.42. The normalized spacial score (nSPS) is 14.0. The molecule has 0 atom stereocenters. The van der Waals surface area contributed by atoms with E-state index < -0.39 is 0 Å². The fourth-order valence-corrected chi connectivity index (χ4v) is 3.84. The second kappa shape index (κ2) is 6.88. The van der Waals surface area contributed by atoms with Gasteiger partial charge in [0.1, 0.15) is 11.3 Å². The first-order valence-corrected chi connectivity index (χ1v) is 9.61. The van der Waals surface area contributed by atoms with Gasteiger partial charge in [-0.3, -0.25) is 5.10 Å². The van der Waals surface area contributed by atoms with E-state index in [0.717, 1.165) is 33.8 Å². The second-order valence-electron chi connectivity index (χ2n) is 7.27. The fourth-order valence-electron chi connectivity index (χ4n) is 3.84. The number of nitrogens with one attached hydrogen (secondary N) is 1. The highest BCUT2D eigenvalue weighted by molar-refractivity contribution is 5.95. The molecule has 0 aliphatic carbocycles. The number of fused-ring (bicyclic) bond motifs is 2. The van der Waals surface area contributed by atoms with Crippen LogP contribution < -0.4 is 4.74 Å². The summed E-state index contributed by atoms with van der Waals surface area (Å²) in [6, 6.07) is 11.3. The van der Waals surface area contributed by atoms with Crippen LogP contribution in [0, 0.1) is 13.8 Å². The smallest absolute Gasteiger partial charge is 0.172 e. The van der Waals surface area contributed by atoms with Crippen LogP contribution >= 0.6 is 0 Å². The third-order valence-electron chi connectivity index (χ3n) is 5.49. The van der Waals surface area contributed by atoms with Gasteiger partial charge in [-0.25, -0.2) is 0 Å². The first kappa shape index (κ1) is 18.2. The average Bonchev–Trinajstić information content (AvgIpc) is 3.41. The van der Waals surface area contributed by atoms with Crippen molar-refractivity contribution in [1.82, 2.24) is 10.2 Å². The molecule has 0 saturated heterocycles. The predicted octanol–water partition coefficient (Wildman–Crippen LogP) is 5.67. The van der Waals surface area contributed by atoms with Gasteiger partial charge in [0, 0.05) is 34.9 Å². The van der Waals surface area contributed by atoms with Crippen LogP contribution in [0.4, 0.5) is 5.69 Å². The van der Waals surface area contributed by atoms with Crippen molar-refractivity contribution in [3.8, 4) is 11.5 Å². The molecule has 0 bridgehead atoms. The molecule has 4 aromatic rings. The van der Waals surface area contributed by atoms with Crippen LogP contribution in [0.3, 0.4) is 0 Å². The molecule has 1 aliphatic rings. The summed E-state index contributed by atoms with van der Waals surface area (Å²) in [5.74, 6) is 1.11. The molecule has 30 heavy (non-hydrogen) atoms. The molecule has 0 spiro atoms. The number of hydrogen-bond acceptors (Lipinski definition) is 6. The topological polar surface area (TPSA) is 96.0 Å². The van der Waals surface area contributed by atoms with Gasteiger partial charge >= 0.3 is 0 Å². The zero-order valence-electron chi connectivity index (χ0n) is 16.9.